The quantitative estimate of drug-likeness (QED) is 0.385. The largest absolute Gasteiger partial charge is 0.469 e. The maximum absolute atomic E-state index is 13.6. The highest BCUT2D eigenvalue weighted by Crippen LogP contribution is 2.51. The molecule has 1 aromatic carbocycles. The van der Waals surface area contributed by atoms with E-state index in [1.165, 1.54) is 12.1 Å². The number of anilines is 1. The molecule has 1 saturated heterocycles. The molecule has 39 heavy (non-hydrogen) atoms. The predicted octanol–water partition coefficient (Wildman–Crippen LogP) is 1.69. The van der Waals surface area contributed by atoms with E-state index in [-0.39, 0.29) is 10.6 Å². The van der Waals surface area contributed by atoms with Crippen LogP contribution in [0.4, 0.5) is 10.5 Å². The lowest BCUT2D eigenvalue weighted by Gasteiger charge is -2.48. The molecule has 13 nitrogen and oxygen atoms in total. The molecule has 1 saturated carbocycles. The fourth-order valence-corrected chi connectivity index (χ4v) is 6.94. The van der Waals surface area contributed by atoms with Gasteiger partial charge in [-0.3, -0.25) is 14.9 Å². The van der Waals surface area contributed by atoms with Crippen molar-refractivity contribution in [3.05, 3.63) is 41.3 Å². The second-order valence-electron chi connectivity index (χ2n) is 9.99. The number of sulfonamides is 1. The van der Waals surface area contributed by atoms with Gasteiger partial charge in [0.2, 0.25) is 10.0 Å². The number of rotatable bonds is 6. The Morgan fingerprint density at radius 3 is 2.15 bits per heavy atom. The number of hydrogen-bond donors (Lipinski definition) is 2. The smallest absolute Gasteiger partial charge is 0.412 e. The molecule has 4 atom stereocenters. The van der Waals surface area contributed by atoms with Crippen molar-refractivity contribution in [2.75, 3.05) is 32.6 Å². The zero-order chi connectivity index (χ0) is 28.8. The number of ether oxygens (including phenoxy) is 3. The van der Waals surface area contributed by atoms with E-state index in [1.54, 1.807) is 26.0 Å². The van der Waals surface area contributed by atoms with Crippen molar-refractivity contribution in [3.63, 3.8) is 0 Å². The zero-order valence-corrected chi connectivity index (χ0v) is 23.0. The fourth-order valence-electron chi connectivity index (χ4n) is 5.40. The molecule has 2 N–H and O–H groups in total. The first-order chi connectivity index (χ1) is 18.3. The second-order valence-corrected chi connectivity index (χ2v) is 11.9. The van der Waals surface area contributed by atoms with Crippen molar-refractivity contribution >= 4 is 33.7 Å². The van der Waals surface area contributed by atoms with Crippen molar-refractivity contribution in [3.8, 4) is 0 Å². The lowest BCUT2D eigenvalue weighted by Crippen LogP contribution is -2.63. The minimum absolute atomic E-state index is 0.0281. The van der Waals surface area contributed by atoms with Crippen molar-refractivity contribution in [2.45, 2.75) is 49.7 Å². The molecule has 212 valence electrons. The molecule has 0 unspecified atom stereocenters. The van der Waals surface area contributed by atoms with Crippen LogP contribution >= 0.6 is 0 Å². The Kier molecular flexibility index (Phi) is 7.49. The molecule has 14 heteroatoms. The second kappa shape index (κ2) is 10.2. The molecule has 0 spiro atoms. The summed E-state index contributed by atoms with van der Waals surface area (Å²) in [7, 11) is -1.90. The van der Waals surface area contributed by atoms with Gasteiger partial charge in [-0.2, -0.15) is 4.31 Å². The van der Waals surface area contributed by atoms with E-state index in [4.69, 9.17) is 18.7 Å². The third-order valence-electron chi connectivity index (χ3n) is 7.53. The van der Waals surface area contributed by atoms with Gasteiger partial charge in [0.05, 0.1) is 37.5 Å². The van der Waals surface area contributed by atoms with Gasteiger partial charge >= 0.3 is 18.0 Å². The number of β-amino-alcohol motifs (C(OH)–C–C–N with tert-alkyl or cyclic N) is 1. The van der Waals surface area contributed by atoms with Gasteiger partial charge in [0.15, 0.2) is 11.4 Å². The van der Waals surface area contributed by atoms with Crippen molar-refractivity contribution in [1.82, 2.24) is 9.46 Å². The first-order valence-corrected chi connectivity index (χ1v) is 13.6. The Morgan fingerprint density at radius 1 is 1.03 bits per heavy atom. The molecule has 1 amide bonds. The highest BCUT2D eigenvalue weighted by atomic mass is 32.2. The number of hydrogen-bond acceptors (Lipinski definition) is 11. The first-order valence-electron chi connectivity index (χ1n) is 12.1. The minimum Gasteiger partial charge on any atom is -0.469 e. The SMILES string of the molecule is COC(=O)[C@H]1C[C@@]2(O)CN(S(=O)(=O)c3ccc(C)cc3)C[C@@]2(OC(=O)Nc2c(C)noc2C)C[C@H]1C(=O)OC. The summed E-state index contributed by atoms with van der Waals surface area (Å²) in [5.74, 6) is -3.63. The summed E-state index contributed by atoms with van der Waals surface area (Å²) in [5.41, 5.74) is -2.51. The topological polar surface area (TPSA) is 175 Å². The van der Waals surface area contributed by atoms with Crippen molar-refractivity contribution < 1.29 is 46.6 Å². The average molecular weight is 566 g/mol. The van der Waals surface area contributed by atoms with Crippen LogP contribution in [0.25, 0.3) is 0 Å². The molecule has 2 aliphatic rings. The lowest BCUT2D eigenvalue weighted by molar-refractivity contribution is -0.191. The Hall–Kier alpha value is -3.49. The number of nitrogens with one attached hydrogen (secondary N) is 1. The third-order valence-corrected chi connectivity index (χ3v) is 9.33. The highest BCUT2D eigenvalue weighted by Gasteiger charge is 2.68. The normalized spacial score (nSPS) is 26.9. The third kappa shape index (κ3) is 4.99. The summed E-state index contributed by atoms with van der Waals surface area (Å²) in [6.45, 7) is 4.01. The van der Waals surface area contributed by atoms with Crippen LogP contribution < -0.4 is 5.32 Å². The van der Waals surface area contributed by atoms with E-state index in [9.17, 15) is 27.9 Å². The number of nitrogens with zero attached hydrogens (tertiary/aromatic N) is 2. The predicted molar refractivity (Wildman–Crippen MR) is 134 cm³/mol. The van der Waals surface area contributed by atoms with Crippen LogP contribution in [0.2, 0.25) is 0 Å². The van der Waals surface area contributed by atoms with Gasteiger partial charge in [0.1, 0.15) is 17.0 Å². The fraction of sp³-hybridized carbons (Fsp3) is 0.520. The Labute approximate surface area is 225 Å². The van der Waals surface area contributed by atoms with Crippen LogP contribution in [0.3, 0.4) is 0 Å². The molecular weight excluding hydrogens is 534 g/mol. The number of fused-ring (bicyclic) bond motifs is 1. The summed E-state index contributed by atoms with van der Waals surface area (Å²) in [5, 5.41) is 18.2. The van der Waals surface area contributed by atoms with Crippen LogP contribution in [0.1, 0.15) is 29.9 Å². The van der Waals surface area contributed by atoms with Crippen molar-refractivity contribution in [1.29, 1.82) is 0 Å². The van der Waals surface area contributed by atoms with Gasteiger partial charge in [-0.05, 0) is 39.3 Å². The van der Waals surface area contributed by atoms with E-state index >= 15 is 0 Å². The van der Waals surface area contributed by atoms with Crippen LogP contribution in [-0.2, 0) is 33.8 Å². The highest BCUT2D eigenvalue weighted by molar-refractivity contribution is 7.89. The van der Waals surface area contributed by atoms with E-state index in [2.05, 4.69) is 10.5 Å². The van der Waals surface area contributed by atoms with Crippen LogP contribution in [0.15, 0.2) is 33.7 Å². The molecule has 0 radical (unpaired) electrons. The standard InChI is InChI=1S/C25H31N3O10S/c1-14-6-8-17(9-7-14)39(33,34)28-12-24(32)10-18(21(29)35-4)19(22(30)36-5)11-25(24,13-28)37-23(31)26-20-15(2)27-38-16(20)3/h6-9,18-19,32H,10-13H2,1-5H3,(H,26,31)/t18-,19+,24+,25-/m0/s1. The number of carbonyl (C=O) groups is 3. The molecule has 0 bridgehead atoms. The Bertz CT molecular complexity index is 1370. The number of benzene rings is 1. The number of methoxy groups -OCH3 is 2. The van der Waals surface area contributed by atoms with Gasteiger partial charge < -0.3 is 23.8 Å². The number of aliphatic hydroxyl groups is 1. The van der Waals surface area contributed by atoms with Crippen LogP contribution in [0.5, 0.6) is 0 Å². The minimum atomic E-state index is -4.17. The van der Waals surface area contributed by atoms with Crippen LogP contribution in [0, 0.1) is 32.6 Å². The van der Waals surface area contributed by atoms with Crippen LogP contribution in [-0.4, -0.2) is 79.5 Å². The molecule has 2 fully saturated rings. The summed E-state index contributed by atoms with van der Waals surface area (Å²) in [4.78, 5) is 38.6. The Balaban J connectivity index is 1.76. The van der Waals surface area contributed by atoms with Gasteiger partial charge in [0.25, 0.3) is 0 Å². The van der Waals surface area contributed by atoms with E-state index in [0.717, 1.165) is 24.1 Å². The molecule has 2 aromatic rings. The van der Waals surface area contributed by atoms with E-state index in [0.29, 0.717) is 11.5 Å². The maximum atomic E-state index is 13.6. The number of esters is 2. The van der Waals surface area contributed by atoms with Gasteiger partial charge in [-0.1, -0.05) is 22.9 Å². The number of aromatic nitrogens is 1. The average Bonchev–Trinajstić information content (AvgIpc) is 3.37. The molecule has 2 heterocycles. The molecular formula is C25H31N3O10S. The van der Waals surface area contributed by atoms with E-state index in [1.807, 2.05) is 6.92 Å². The first kappa shape index (κ1) is 28.5. The molecule has 1 aromatic heterocycles. The monoisotopic (exact) mass is 565 g/mol. The summed E-state index contributed by atoms with van der Waals surface area (Å²) < 4.78 is 48.8. The number of aryl methyl sites for hydroxylation is 3. The number of amides is 1. The summed E-state index contributed by atoms with van der Waals surface area (Å²) in [6, 6.07) is 6.13. The Morgan fingerprint density at radius 2 is 1.62 bits per heavy atom. The zero-order valence-electron chi connectivity index (χ0n) is 22.2. The van der Waals surface area contributed by atoms with Gasteiger partial charge in [0, 0.05) is 13.0 Å². The maximum Gasteiger partial charge on any atom is 0.412 e. The summed E-state index contributed by atoms with van der Waals surface area (Å²) in [6.07, 6.45) is -1.85. The molecule has 4 rings (SSSR count). The van der Waals surface area contributed by atoms with E-state index < -0.39 is 77.0 Å². The number of carbonyl (C=O) groups excluding carboxylic acids is 3. The molecule has 1 aliphatic carbocycles. The lowest BCUT2D eigenvalue weighted by atomic mass is 9.64. The summed E-state index contributed by atoms with van der Waals surface area (Å²) >= 11 is 0. The van der Waals surface area contributed by atoms with Gasteiger partial charge in [-0.15, -0.1) is 0 Å². The van der Waals surface area contributed by atoms with Gasteiger partial charge in [-0.25, -0.2) is 13.2 Å². The molecule has 1 aliphatic heterocycles. The van der Waals surface area contributed by atoms with Crippen molar-refractivity contribution in [2.24, 2.45) is 11.8 Å².